The van der Waals surface area contributed by atoms with E-state index >= 15 is 0 Å². The quantitative estimate of drug-likeness (QED) is 0.642. The number of hydrogen-bond donors (Lipinski definition) is 1. The van der Waals surface area contributed by atoms with Gasteiger partial charge < -0.3 is 10.1 Å². The van der Waals surface area contributed by atoms with Gasteiger partial charge in [-0.15, -0.1) is 10.2 Å². The van der Waals surface area contributed by atoms with E-state index in [0.29, 0.717) is 21.5 Å². The number of azo groups is 1. The molecule has 6 nitrogen and oxygen atoms in total. The number of amides is 1. The molecule has 126 valence electrons. The van der Waals surface area contributed by atoms with Gasteiger partial charge in [-0.05, 0) is 24.3 Å². The van der Waals surface area contributed by atoms with Gasteiger partial charge in [-0.25, -0.2) is 4.98 Å². The van der Waals surface area contributed by atoms with Crippen molar-refractivity contribution in [2.24, 2.45) is 10.2 Å². The minimum atomic E-state index is -0.174. The maximum Gasteiger partial charge on any atom is 0.223 e. The number of benzene rings is 2. The molecule has 1 aromatic heterocycles. The summed E-state index contributed by atoms with van der Waals surface area (Å²) in [4.78, 5) is 15.8. The first kappa shape index (κ1) is 16.8. The molecule has 0 spiro atoms. The van der Waals surface area contributed by atoms with Crippen LogP contribution >= 0.6 is 11.3 Å². The molecule has 3 rings (SSSR count). The number of ether oxygens (including phenoxy) is 1. The van der Waals surface area contributed by atoms with Gasteiger partial charge in [-0.1, -0.05) is 41.7 Å². The van der Waals surface area contributed by atoms with E-state index in [0.717, 1.165) is 11.3 Å². The maximum absolute atomic E-state index is 11.3. The molecule has 1 N–H and O–H groups in total. The highest BCUT2D eigenvalue weighted by molar-refractivity contribution is 7.19. The van der Waals surface area contributed by atoms with Crippen molar-refractivity contribution in [3.63, 3.8) is 0 Å². The third-order valence-electron chi connectivity index (χ3n) is 3.27. The van der Waals surface area contributed by atoms with Crippen molar-refractivity contribution in [2.45, 2.75) is 6.92 Å². The van der Waals surface area contributed by atoms with E-state index in [4.69, 9.17) is 4.74 Å². The van der Waals surface area contributed by atoms with Gasteiger partial charge in [0.25, 0.3) is 0 Å². The number of carbonyl (C=O) groups excluding carboxylic acids is 1. The Morgan fingerprint density at radius 1 is 1.08 bits per heavy atom. The van der Waals surface area contributed by atoms with Crippen molar-refractivity contribution in [3.8, 4) is 17.0 Å². The molecule has 3 aromatic rings. The van der Waals surface area contributed by atoms with Gasteiger partial charge in [0.05, 0.1) is 12.8 Å². The fourth-order valence-electron chi connectivity index (χ4n) is 2.12. The average molecular weight is 352 g/mol. The van der Waals surface area contributed by atoms with Gasteiger partial charge in [0.15, 0.2) is 10.1 Å². The van der Waals surface area contributed by atoms with Crippen LogP contribution in [0.4, 0.5) is 15.8 Å². The minimum Gasteiger partial charge on any atom is -0.497 e. The number of anilines is 1. The predicted octanol–water partition coefficient (Wildman–Crippen LogP) is 5.19. The van der Waals surface area contributed by atoms with Crippen LogP contribution in [0.25, 0.3) is 11.3 Å². The molecule has 25 heavy (non-hydrogen) atoms. The number of nitrogens with zero attached hydrogens (tertiary/aromatic N) is 3. The zero-order valence-electron chi connectivity index (χ0n) is 13.8. The second-order valence-electron chi connectivity index (χ2n) is 5.12. The highest BCUT2D eigenvalue weighted by atomic mass is 32.1. The van der Waals surface area contributed by atoms with E-state index in [2.05, 4.69) is 20.5 Å². The molecule has 0 aliphatic rings. The van der Waals surface area contributed by atoms with Gasteiger partial charge >= 0.3 is 0 Å². The molecular weight excluding hydrogens is 336 g/mol. The van der Waals surface area contributed by atoms with Crippen LogP contribution in [-0.4, -0.2) is 18.0 Å². The van der Waals surface area contributed by atoms with Crippen LogP contribution in [0.2, 0.25) is 0 Å². The summed E-state index contributed by atoms with van der Waals surface area (Å²) in [7, 11) is 1.61. The van der Waals surface area contributed by atoms with Crippen LogP contribution < -0.4 is 10.1 Å². The first-order valence-electron chi connectivity index (χ1n) is 7.55. The van der Waals surface area contributed by atoms with Crippen LogP contribution in [0.1, 0.15) is 6.92 Å². The Morgan fingerprint density at radius 3 is 2.44 bits per heavy atom. The summed E-state index contributed by atoms with van der Waals surface area (Å²) in [6, 6.07) is 17.0. The fraction of sp³-hybridized carbons (Fsp3) is 0.111. The number of carbonyl (C=O) groups is 1. The standard InChI is InChI=1S/C18H16N4O2S/c1-12(23)19-18-20-16(13-6-4-3-5-7-13)17(25-18)22-21-14-8-10-15(24-2)11-9-14/h3-11H,1-2H3,(H,19,20,23). The molecule has 0 saturated carbocycles. The minimum absolute atomic E-state index is 0.174. The molecule has 2 aromatic carbocycles. The first-order chi connectivity index (χ1) is 12.2. The lowest BCUT2D eigenvalue weighted by molar-refractivity contribution is -0.114. The summed E-state index contributed by atoms with van der Waals surface area (Å²) in [5.74, 6) is 0.585. The van der Waals surface area contributed by atoms with Crippen LogP contribution in [0, 0.1) is 0 Å². The summed E-state index contributed by atoms with van der Waals surface area (Å²) in [5.41, 5.74) is 2.31. The molecule has 0 atom stereocenters. The second kappa shape index (κ2) is 7.67. The fourth-order valence-corrected chi connectivity index (χ4v) is 2.98. The largest absolute Gasteiger partial charge is 0.497 e. The Hall–Kier alpha value is -3.06. The lowest BCUT2D eigenvalue weighted by atomic mass is 10.2. The number of thiazole rings is 1. The van der Waals surface area contributed by atoms with Crippen LogP contribution in [0.3, 0.4) is 0 Å². The van der Waals surface area contributed by atoms with Gasteiger partial charge in [0.2, 0.25) is 5.91 Å². The summed E-state index contributed by atoms with van der Waals surface area (Å²) in [6.45, 7) is 1.45. The summed E-state index contributed by atoms with van der Waals surface area (Å²) < 4.78 is 5.13. The third kappa shape index (κ3) is 4.27. The zero-order valence-corrected chi connectivity index (χ0v) is 14.6. The van der Waals surface area contributed by atoms with Crippen molar-refractivity contribution in [1.82, 2.24) is 4.98 Å². The lowest BCUT2D eigenvalue weighted by Crippen LogP contribution is -2.04. The molecule has 0 aliphatic carbocycles. The summed E-state index contributed by atoms with van der Waals surface area (Å²) in [5, 5.41) is 12.4. The number of methoxy groups -OCH3 is 1. The lowest BCUT2D eigenvalue weighted by Gasteiger charge is -1.99. The Kier molecular flexibility index (Phi) is 5.15. The number of hydrogen-bond acceptors (Lipinski definition) is 6. The van der Waals surface area contributed by atoms with Gasteiger partial charge in [-0.3, -0.25) is 4.79 Å². The Morgan fingerprint density at radius 2 is 1.80 bits per heavy atom. The SMILES string of the molecule is COc1ccc(N=Nc2sc(NC(C)=O)nc2-c2ccccc2)cc1. The van der Waals surface area contributed by atoms with E-state index in [9.17, 15) is 4.79 Å². The third-order valence-corrected chi connectivity index (χ3v) is 4.12. The Bertz CT molecular complexity index is 889. The Labute approximate surface area is 149 Å². The molecule has 0 aliphatic heterocycles. The van der Waals surface area contributed by atoms with Crippen LogP contribution in [0.5, 0.6) is 5.75 Å². The molecule has 0 unspecified atom stereocenters. The van der Waals surface area contributed by atoms with E-state index in [1.165, 1.54) is 18.3 Å². The van der Waals surface area contributed by atoms with Crippen molar-refractivity contribution in [3.05, 3.63) is 54.6 Å². The topological polar surface area (TPSA) is 75.9 Å². The van der Waals surface area contributed by atoms with Gasteiger partial charge in [0, 0.05) is 12.5 Å². The Balaban J connectivity index is 1.94. The first-order valence-corrected chi connectivity index (χ1v) is 8.37. The van der Waals surface area contributed by atoms with Crippen LogP contribution in [0.15, 0.2) is 64.8 Å². The molecule has 1 amide bonds. The van der Waals surface area contributed by atoms with E-state index in [1.807, 2.05) is 54.6 Å². The van der Waals surface area contributed by atoms with E-state index < -0.39 is 0 Å². The zero-order chi connectivity index (χ0) is 17.6. The number of nitrogens with one attached hydrogen (secondary N) is 1. The monoisotopic (exact) mass is 352 g/mol. The highest BCUT2D eigenvalue weighted by Crippen LogP contribution is 2.39. The maximum atomic E-state index is 11.3. The molecule has 0 radical (unpaired) electrons. The summed E-state index contributed by atoms with van der Waals surface area (Å²) in [6.07, 6.45) is 0. The molecule has 0 fully saturated rings. The molecular formula is C18H16N4O2S. The number of aromatic nitrogens is 1. The smallest absolute Gasteiger partial charge is 0.223 e. The van der Waals surface area contributed by atoms with Gasteiger partial charge in [0.1, 0.15) is 11.4 Å². The second-order valence-corrected chi connectivity index (χ2v) is 6.10. The van der Waals surface area contributed by atoms with Crippen molar-refractivity contribution < 1.29 is 9.53 Å². The average Bonchev–Trinajstić information content (AvgIpc) is 3.03. The molecule has 7 heteroatoms. The van der Waals surface area contributed by atoms with Crippen molar-refractivity contribution in [2.75, 3.05) is 12.4 Å². The van der Waals surface area contributed by atoms with Crippen LogP contribution in [-0.2, 0) is 4.79 Å². The molecule has 0 bridgehead atoms. The van der Waals surface area contributed by atoms with Crippen molar-refractivity contribution >= 4 is 33.1 Å². The molecule has 1 heterocycles. The van der Waals surface area contributed by atoms with Crippen molar-refractivity contribution in [1.29, 1.82) is 0 Å². The predicted molar refractivity (Wildman–Crippen MR) is 99.0 cm³/mol. The normalized spacial score (nSPS) is 10.8. The summed E-state index contributed by atoms with van der Waals surface area (Å²) >= 11 is 1.28. The van der Waals surface area contributed by atoms with E-state index in [1.54, 1.807) is 7.11 Å². The number of rotatable bonds is 5. The molecule has 0 saturated heterocycles. The highest BCUT2D eigenvalue weighted by Gasteiger charge is 2.13. The van der Waals surface area contributed by atoms with Gasteiger partial charge in [-0.2, -0.15) is 0 Å². The van der Waals surface area contributed by atoms with E-state index in [-0.39, 0.29) is 5.91 Å².